The predicted molar refractivity (Wildman–Crippen MR) is 82.2 cm³/mol. The molecule has 0 unspecified atom stereocenters. The van der Waals surface area contributed by atoms with Crippen LogP contribution in [0, 0.1) is 17.0 Å². The van der Waals surface area contributed by atoms with Crippen LogP contribution in [0.1, 0.15) is 21.7 Å². The summed E-state index contributed by atoms with van der Waals surface area (Å²) in [4.78, 5) is 30.0. The van der Waals surface area contributed by atoms with Crippen molar-refractivity contribution in [2.24, 2.45) is 0 Å². The summed E-state index contributed by atoms with van der Waals surface area (Å²) in [5.41, 5.74) is -0.120. The number of methoxy groups -OCH3 is 1. The molecule has 0 atom stereocenters. The average molecular weight is 369 g/mol. The number of hydrogen-bond donors (Lipinski definition) is 0. The third-order valence-electron chi connectivity index (χ3n) is 3.13. The molecule has 0 amide bonds. The molecule has 0 aliphatic rings. The summed E-state index contributed by atoms with van der Waals surface area (Å²) in [6, 6.07) is 1.86. The summed E-state index contributed by atoms with van der Waals surface area (Å²) in [7, 11) is 1.18. The lowest BCUT2D eigenvalue weighted by molar-refractivity contribution is -0.386. The van der Waals surface area contributed by atoms with Crippen molar-refractivity contribution >= 4 is 11.7 Å². The number of nitro benzene ring substituents is 1. The Hall–Kier alpha value is -3.37. The smallest absolute Gasteiger partial charge is 0.387 e. The second kappa shape index (κ2) is 8.14. The molecule has 1 aromatic carbocycles. The summed E-state index contributed by atoms with van der Waals surface area (Å²) in [5.74, 6) is -1.52. The molecule has 0 saturated carbocycles. The Kier molecular flexibility index (Phi) is 5.94. The monoisotopic (exact) mass is 369 g/mol. The van der Waals surface area contributed by atoms with Gasteiger partial charge in [0, 0.05) is 6.20 Å². The van der Waals surface area contributed by atoms with Crippen LogP contribution >= 0.6 is 0 Å². The number of nitro groups is 1. The molecule has 2 aromatic rings. The molecule has 0 N–H and O–H groups in total. The van der Waals surface area contributed by atoms with Crippen LogP contribution < -0.4 is 9.47 Å². The number of rotatable bonds is 7. The first kappa shape index (κ1) is 19.0. The predicted octanol–water partition coefficient (Wildman–Crippen LogP) is 2.66. The van der Waals surface area contributed by atoms with E-state index in [0.29, 0.717) is 5.69 Å². The molecule has 0 radical (unpaired) electrons. The van der Waals surface area contributed by atoms with Crippen LogP contribution in [0.4, 0.5) is 14.5 Å². The molecule has 2 rings (SSSR count). The molecule has 0 aliphatic carbocycles. The highest BCUT2D eigenvalue weighted by atomic mass is 19.3. The first-order chi connectivity index (χ1) is 12.3. The molecule has 0 saturated heterocycles. The number of aromatic nitrogens is 2. The summed E-state index contributed by atoms with van der Waals surface area (Å²) >= 11 is 0. The summed E-state index contributed by atoms with van der Waals surface area (Å²) in [5, 5.41) is 11.2. The fourth-order valence-corrected chi connectivity index (χ4v) is 1.94. The fourth-order valence-electron chi connectivity index (χ4n) is 1.94. The number of hydrogen-bond acceptors (Lipinski definition) is 8. The van der Waals surface area contributed by atoms with E-state index in [1.54, 1.807) is 6.92 Å². The van der Waals surface area contributed by atoms with E-state index in [0.717, 1.165) is 12.1 Å². The van der Waals surface area contributed by atoms with Crippen LogP contribution in [0.25, 0.3) is 0 Å². The molecule has 0 aliphatic heterocycles. The Morgan fingerprint density at radius 3 is 2.54 bits per heavy atom. The van der Waals surface area contributed by atoms with Gasteiger partial charge in [-0.25, -0.2) is 9.78 Å². The van der Waals surface area contributed by atoms with Crippen LogP contribution in [0.3, 0.4) is 0 Å². The van der Waals surface area contributed by atoms with Gasteiger partial charge in [0.1, 0.15) is 6.61 Å². The standard InChI is InChI=1S/C15H13F2N3O6/c1-8-5-19-10(6-18-8)14(21)25-7-9-3-12(24-2)13(26-15(16)17)4-11(9)20(22)23/h3-6,15H,7H2,1-2H3. The van der Waals surface area contributed by atoms with Crippen molar-refractivity contribution in [3.63, 3.8) is 0 Å². The van der Waals surface area contributed by atoms with Gasteiger partial charge in [-0.15, -0.1) is 0 Å². The quantitative estimate of drug-likeness (QED) is 0.416. The Morgan fingerprint density at radius 2 is 2.00 bits per heavy atom. The lowest BCUT2D eigenvalue weighted by Crippen LogP contribution is -2.10. The van der Waals surface area contributed by atoms with E-state index in [-0.39, 0.29) is 17.0 Å². The first-order valence-electron chi connectivity index (χ1n) is 7.07. The van der Waals surface area contributed by atoms with E-state index >= 15 is 0 Å². The number of esters is 1. The number of carbonyl (C=O) groups excluding carboxylic acids is 1. The number of carbonyl (C=O) groups is 1. The van der Waals surface area contributed by atoms with E-state index in [1.807, 2.05) is 0 Å². The summed E-state index contributed by atoms with van der Waals surface area (Å²) in [6.07, 6.45) is 2.56. The van der Waals surface area contributed by atoms with Crippen LogP contribution in [-0.2, 0) is 11.3 Å². The largest absolute Gasteiger partial charge is 0.493 e. The third kappa shape index (κ3) is 4.59. The van der Waals surface area contributed by atoms with E-state index < -0.39 is 35.5 Å². The van der Waals surface area contributed by atoms with E-state index in [4.69, 9.17) is 9.47 Å². The second-order valence-corrected chi connectivity index (χ2v) is 4.89. The minimum absolute atomic E-state index is 0.0677. The van der Waals surface area contributed by atoms with Crippen molar-refractivity contribution in [2.75, 3.05) is 7.11 Å². The highest BCUT2D eigenvalue weighted by Crippen LogP contribution is 2.36. The zero-order chi connectivity index (χ0) is 19.3. The molecule has 138 valence electrons. The van der Waals surface area contributed by atoms with Crippen molar-refractivity contribution in [1.29, 1.82) is 0 Å². The molecule has 0 bridgehead atoms. The maximum Gasteiger partial charge on any atom is 0.387 e. The molecule has 1 aromatic heterocycles. The Bertz CT molecular complexity index is 814. The van der Waals surface area contributed by atoms with E-state index in [9.17, 15) is 23.7 Å². The number of ether oxygens (including phenoxy) is 3. The fraction of sp³-hybridized carbons (Fsp3) is 0.267. The van der Waals surface area contributed by atoms with Gasteiger partial charge < -0.3 is 14.2 Å². The topological polar surface area (TPSA) is 114 Å². The van der Waals surface area contributed by atoms with Gasteiger partial charge in [-0.3, -0.25) is 15.1 Å². The Morgan fingerprint density at radius 1 is 1.27 bits per heavy atom. The zero-order valence-corrected chi connectivity index (χ0v) is 13.6. The zero-order valence-electron chi connectivity index (χ0n) is 13.6. The van der Waals surface area contributed by atoms with Gasteiger partial charge in [0.2, 0.25) is 0 Å². The first-order valence-corrected chi connectivity index (χ1v) is 7.07. The van der Waals surface area contributed by atoms with Crippen molar-refractivity contribution in [2.45, 2.75) is 20.1 Å². The molecule has 0 fully saturated rings. The molecule has 11 heteroatoms. The summed E-state index contributed by atoms with van der Waals surface area (Å²) < 4.78 is 38.9. The summed E-state index contributed by atoms with van der Waals surface area (Å²) in [6.45, 7) is -2.01. The number of alkyl halides is 2. The van der Waals surface area contributed by atoms with Crippen molar-refractivity contribution in [1.82, 2.24) is 9.97 Å². The van der Waals surface area contributed by atoms with Crippen molar-refractivity contribution in [3.8, 4) is 11.5 Å². The van der Waals surface area contributed by atoms with E-state index in [1.165, 1.54) is 19.5 Å². The molecular weight excluding hydrogens is 356 g/mol. The number of nitrogens with zero attached hydrogens (tertiary/aromatic N) is 3. The Labute approximate surface area is 145 Å². The van der Waals surface area contributed by atoms with Crippen LogP contribution in [0.5, 0.6) is 11.5 Å². The molecule has 26 heavy (non-hydrogen) atoms. The van der Waals surface area contributed by atoms with Gasteiger partial charge in [0.25, 0.3) is 5.69 Å². The van der Waals surface area contributed by atoms with Gasteiger partial charge in [0.05, 0.1) is 35.6 Å². The highest BCUT2D eigenvalue weighted by molar-refractivity contribution is 5.86. The van der Waals surface area contributed by atoms with Gasteiger partial charge in [0.15, 0.2) is 17.2 Å². The van der Waals surface area contributed by atoms with Crippen molar-refractivity contribution in [3.05, 3.63) is 51.6 Å². The average Bonchev–Trinajstić information content (AvgIpc) is 2.59. The van der Waals surface area contributed by atoms with Gasteiger partial charge in [-0.1, -0.05) is 0 Å². The maximum absolute atomic E-state index is 12.4. The molecule has 0 spiro atoms. The van der Waals surface area contributed by atoms with Crippen molar-refractivity contribution < 1.29 is 32.7 Å². The SMILES string of the molecule is COc1cc(COC(=O)c2cnc(C)cn2)c([N+](=O)[O-])cc1OC(F)F. The molecular formula is C15H13F2N3O6. The van der Waals surface area contributed by atoms with Crippen LogP contribution in [0.15, 0.2) is 24.5 Å². The van der Waals surface area contributed by atoms with Crippen LogP contribution in [-0.4, -0.2) is 34.6 Å². The normalized spacial score (nSPS) is 10.5. The number of halogens is 2. The van der Waals surface area contributed by atoms with Gasteiger partial charge in [-0.2, -0.15) is 8.78 Å². The van der Waals surface area contributed by atoms with Crippen LogP contribution in [0.2, 0.25) is 0 Å². The number of aryl methyl sites for hydroxylation is 1. The lowest BCUT2D eigenvalue weighted by atomic mass is 10.1. The minimum Gasteiger partial charge on any atom is -0.493 e. The lowest BCUT2D eigenvalue weighted by Gasteiger charge is -2.12. The molecule has 9 nitrogen and oxygen atoms in total. The highest BCUT2D eigenvalue weighted by Gasteiger charge is 2.23. The molecule has 1 heterocycles. The second-order valence-electron chi connectivity index (χ2n) is 4.89. The van der Waals surface area contributed by atoms with Gasteiger partial charge in [-0.05, 0) is 13.0 Å². The maximum atomic E-state index is 12.4. The van der Waals surface area contributed by atoms with Gasteiger partial charge >= 0.3 is 12.6 Å². The van der Waals surface area contributed by atoms with E-state index in [2.05, 4.69) is 14.7 Å². The third-order valence-corrected chi connectivity index (χ3v) is 3.13. The minimum atomic E-state index is -3.19. The number of benzene rings is 1. The Balaban J connectivity index is 2.25.